The highest BCUT2D eigenvalue weighted by Gasteiger charge is 2.17. The molecule has 4 heteroatoms. The molecule has 1 heterocycles. The number of ether oxygens (including phenoxy) is 1. The van der Waals surface area contributed by atoms with E-state index in [1.54, 1.807) is 0 Å². The van der Waals surface area contributed by atoms with Crippen LogP contribution in [0.4, 0.5) is 5.69 Å². The summed E-state index contributed by atoms with van der Waals surface area (Å²) in [4.78, 5) is 2.29. The molecule has 0 spiro atoms. The molecule has 1 aromatic rings. The van der Waals surface area contributed by atoms with Gasteiger partial charge in [0.2, 0.25) is 0 Å². The summed E-state index contributed by atoms with van der Waals surface area (Å²) < 4.78 is 5.70. The number of anilines is 1. The molecule has 0 aliphatic carbocycles. The van der Waals surface area contributed by atoms with Crippen molar-refractivity contribution in [1.82, 2.24) is 4.90 Å². The zero-order valence-corrected chi connectivity index (χ0v) is 11.1. The van der Waals surface area contributed by atoms with E-state index in [0.29, 0.717) is 0 Å². The Kier molecular flexibility index (Phi) is 4.26. The topological polar surface area (TPSA) is 24.5 Å². The highest BCUT2D eigenvalue weighted by molar-refractivity contribution is 6.33. The van der Waals surface area contributed by atoms with Crippen molar-refractivity contribution >= 4 is 17.3 Å². The zero-order chi connectivity index (χ0) is 12.3. The molecule has 1 aliphatic rings. The number of aryl methyl sites for hydroxylation is 1. The lowest BCUT2D eigenvalue weighted by Crippen LogP contribution is -2.43. The fourth-order valence-corrected chi connectivity index (χ4v) is 2.35. The second-order valence-electron chi connectivity index (χ2n) is 4.57. The number of likely N-dealkylation sites (N-methyl/N-ethyl adjacent to an activating group) is 1. The number of nitrogens with one attached hydrogen (secondary N) is 1. The van der Waals surface area contributed by atoms with Gasteiger partial charge in [0.1, 0.15) is 0 Å². The molecule has 17 heavy (non-hydrogen) atoms. The summed E-state index contributed by atoms with van der Waals surface area (Å²) in [5.41, 5.74) is 2.19. The first kappa shape index (κ1) is 12.7. The fraction of sp³-hybridized carbons (Fsp3) is 0.538. The Morgan fingerprint density at radius 1 is 1.53 bits per heavy atom. The van der Waals surface area contributed by atoms with Gasteiger partial charge in [-0.1, -0.05) is 23.7 Å². The number of benzene rings is 1. The van der Waals surface area contributed by atoms with E-state index in [0.717, 1.165) is 37.0 Å². The van der Waals surface area contributed by atoms with Crippen LogP contribution in [-0.2, 0) is 4.74 Å². The maximum atomic E-state index is 6.16. The maximum Gasteiger partial charge on any atom is 0.0874 e. The summed E-state index contributed by atoms with van der Waals surface area (Å²) in [6.07, 6.45) is 0.240. The first-order valence-corrected chi connectivity index (χ1v) is 6.34. The van der Waals surface area contributed by atoms with Crippen LogP contribution in [0.15, 0.2) is 18.2 Å². The minimum atomic E-state index is 0.240. The summed E-state index contributed by atoms with van der Waals surface area (Å²) >= 11 is 6.16. The third-order valence-electron chi connectivity index (χ3n) is 3.07. The van der Waals surface area contributed by atoms with E-state index in [1.807, 2.05) is 12.1 Å². The molecule has 1 N–H and O–H groups in total. The third-order valence-corrected chi connectivity index (χ3v) is 3.39. The number of hydrogen-bond donors (Lipinski definition) is 1. The van der Waals surface area contributed by atoms with E-state index < -0.39 is 0 Å². The Labute approximate surface area is 108 Å². The van der Waals surface area contributed by atoms with Gasteiger partial charge in [0, 0.05) is 19.6 Å². The van der Waals surface area contributed by atoms with Crippen LogP contribution >= 0.6 is 11.6 Å². The Bertz CT molecular complexity index is 363. The molecule has 3 nitrogen and oxygen atoms in total. The van der Waals surface area contributed by atoms with E-state index in [9.17, 15) is 0 Å². The maximum absolute atomic E-state index is 6.16. The molecule has 94 valence electrons. The molecule has 0 radical (unpaired) electrons. The van der Waals surface area contributed by atoms with Crippen molar-refractivity contribution in [2.24, 2.45) is 0 Å². The Hall–Kier alpha value is -0.770. The smallest absolute Gasteiger partial charge is 0.0874 e. The van der Waals surface area contributed by atoms with Gasteiger partial charge in [-0.25, -0.2) is 0 Å². The summed E-state index contributed by atoms with van der Waals surface area (Å²) in [6, 6.07) is 5.93. The van der Waals surface area contributed by atoms with Gasteiger partial charge in [-0.2, -0.15) is 0 Å². The molecule has 1 saturated heterocycles. The molecular formula is C13H19ClN2O. The summed E-state index contributed by atoms with van der Waals surface area (Å²) in [7, 11) is 2.12. The quantitative estimate of drug-likeness (QED) is 0.897. The lowest BCUT2D eigenvalue weighted by atomic mass is 10.2. The van der Waals surface area contributed by atoms with Crippen molar-refractivity contribution in [3.05, 3.63) is 28.8 Å². The highest BCUT2D eigenvalue weighted by atomic mass is 35.5. The number of nitrogens with zero attached hydrogens (tertiary/aromatic N) is 1. The van der Waals surface area contributed by atoms with Gasteiger partial charge in [-0.3, -0.25) is 0 Å². The first-order chi connectivity index (χ1) is 8.16. The number of para-hydroxylation sites is 1. The Morgan fingerprint density at radius 2 is 2.35 bits per heavy atom. The molecule has 0 saturated carbocycles. The second-order valence-corrected chi connectivity index (χ2v) is 4.97. The van der Waals surface area contributed by atoms with Crippen LogP contribution in [0.2, 0.25) is 5.02 Å². The zero-order valence-electron chi connectivity index (χ0n) is 10.4. The minimum Gasteiger partial charge on any atom is -0.381 e. The molecule has 1 aliphatic heterocycles. The van der Waals surface area contributed by atoms with Gasteiger partial charge in [0.15, 0.2) is 0 Å². The van der Waals surface area contributed by atoms with Crippen LogP contribution < -0.4 is 5.32 Å². The van der Waals surface area contributed by atoms with Gasteiger partial charge >= 0.3 is 0 Å². The number of morpholine rings is 1. The molecule has 2 rings (SSSR count). The van der Waals surface area contributed by atoms with Crippen molar-refractivity contribution in [2.75, 3.05) is 38.6 Å². The van der Waals surface area contributed by atoms with Gasteiger partial charge in [-0.15, -0.1) is 0 Å². The molecular weight excluding hydrogens is 236 g/mol. The van der Waals surface area contributed by atoms with Crippen LogP contribution in [0, 0.1) is 6.92 Å². The Morgan fingerprint density at radius 3 is 3.06 bits per heavy atom. The average molecular weight is 255 g/mol. The van der Waals surface area contributed by atoms with Crippen LogP contribution in [0.25, 0.3) is 0 Å². The van der Waals surface area contributed by atoms with E-state index in [2.05, 4.69) is 30.3 Å². The van der Waals surface area contributed by atoms with E-state index in [-0.39, 0.29) is 6.10 Å². The van der Waals surface area contributed by atoms with Crippen LogP contribution in [-0.4, -0.2) is 44.3 Å². The largest absolute Gasteiger partial charge is 0.381 e. The van der Waals surface area contributed by atoms with Crippen LogP contribution in [0.3, 0.4) is 0 Å². The van der Waals surface area contributed by atoms with Crippen LogP contribution in [0.5, 0.6) is 0 Å². The molecule has 0 aromatic heterocycles. The fourth-order valence-electron chi connectivity index (χ4n) is 2.06. The van der Waals surface area contributed by atoms with E-state index in [4.69, 9.17) is 16.3 Å². The first-order valence-electron chi connectivity index (χ1n) is 5.96. The van der Waals surface area contributed by atoms with Crippen molar-refractivity contribution in [1.29, 1.82) is 0 Å². The predicted molar refractivity (Wildman–Crippen MR) is 71.9 cm³/mol. The van der Waals surface area contributed by atoms with Gasteiger partial charge in [0.25, 0.3) is 0 Å². The average Bonchev–Trinajstić information content (AvgIpc) is 2.28. The van der Waals surface area contributed by atoms with Crippen molar-refractivity contribution in [3.8, 4) is 0 Å². The minimum absolute atomic E-state index is 0.240. The Balaban J connectivity index is 1.93. The standard InChI is InChI=1S/C13H19ClN2O/c1-10-4-3-5-12(14)13(10)15-8-11-9-16(2)6-7-17-11/h3-5,11,15H,6-9H2,1-2H3. The second kappa shape index (κ2) is 5.71. The molecule has 1 fully saturated rings. The summed E-state index contributed by atoms with van der Waals surface area (Å²) in [6.45, 7) is 5.65. The molecule has 0 bridgehead atoms. The SMILES string of the molecule is Cc1cccc(Cl)c1NCC1CN(C)CCO1. The van der Waals surface area contributed by atoms with Crippen LogP contribution in [0.1, 0.15) is 5.56 Å². The number of rotatable bonds is 3. The van der Waals surface area contributed by atoms with Gasteiger partial charge in [-0.05, 0) is 25.6 Å². The number of halogens is 1. The lowest BCUT2D eigenvalue weighted by molar-refractivity contribution is -0.0117. The molecule has 1 atom stereocenters. The van der Waals surface area contributed by atoms with Gasteiger partial charge < -0.3 is 15.0 Å². The van der Waals surface area contributed by atoms with E-state index >= 15 is 0 Å². The third kappa shape index (κ3) is 3.35. The van der Waals surface area contributed by atoms with Crippen molar-refractivity contribution in [3.63, 3.8) is 0 Å². The molecule has 0 amide bonds. The van der Waals surface area contributed by atoms with Crippen molar-refractivity contribution in [2.45, 2.75) is 13.0 Å². The molecule has 1 unspecified atom stereocenters. The molecule has 1 aromatic carbocycles. The number of hydrogen-bond acceptors (Lipinski definition) is 3. The van der Waals surface area contributed by atoms with Crippen molar-refractivity contribution < 1.29 is 4.74 Å². The summed E-state index contributed by atoms with van der Waals surface area (Å²) in [5, 5.41) is 4.16. The highest BCUT2D eigenvalue weighted by Crippen LogP contribution is 2.25. The van der Waals surface area contributed by atoms with E-state index in [1.165, 1.54) is 5.56 Å². The predicted octanol–water partition coefficient (Wildman–Crippen LogP) is 2.39. The monoisotopic (exact) mass is 254 g/mol. The van der Waals surface area contributed by atoms with Gasteiger partial charge in [0.05, 0.1) is 23.4 Å². The lowest BCUT2D eigenvalue weighted by Gasteiger charge is -2.30. The summed E-state index contributed by atoms with van der Waals surface area (Å²) in [5.74, 6) is 0. The normalized spacial score (nSPS) is 21.5.